The summed E-state index contributed by atoms with van der Waals surface area (Å²) in [5, 5.41) is 0. The van der Waals surface area contributed by atoms with Crippen LogP contribution in [0.3, 0.4) is 0 Å². The second kappa shape index (κ2) is 9.21. The van der Waals surface area contributed by atoms with E-state index in [4.69, 9.17) is 13.9 Å². The van der Waals surface area contributed by atoms with Crippen LogP contribution in [0.2, 0.25) is 13.1 Å². The first-order chi connectivity index (χ1) is 12.5. The summed E-state index contributed by atoms with van der Waals surface area (Å²) >= 11 is 0. The fourth-order valence-corrected chi connectivity index (χ4v) is 4.64. The Bertz CT molecular complexity index is 563. The van der Waals surface area contributed by atoms with Gasteiger partial charge in [-0.25, -0.2) is 0 Å². The molecule has 0 N–H and O–H groups in total. The first-order valence-electron chi connectivity index (χ1n) is 10.5. The highest BCUT2D eigenvalue weighted by Crippen LogP contribution is 2.38. The summed E-state index contributed by atoms with van der Waals surface area (Å²) in [6.45, 7) is 18.7. The van der Waals surface area contributed by atoms with Crippen LogP contribution < -0.4 is 0 Å². The van der Waals surface area contributed by atoms with Crippen molar-refractivity contribution < 1.29 is 13.9 Å². The van der Waals surface area contributed by atoms with E-state index in [-0.39, 0.29) is 29.3 Å². The van der Waals surface area contributed by atoms with Crippen molar-refractivity contribution in [2.45, 2.75) is 97.8 Å². The van der Waals surface area contributed by atoms with E-state index in [1.165, 1.54) is 17.5 Å². The number of benzene rings is 1. The highest BCUT2D eigenvalue weighted by molar-refractivity contribution is 6.48. The Labute approximate surface area is 168 Å². The summed E-state index contributed by atoms with van der Waals surface area (Å²) in [7, 11) is -1.22. The standard InChI is InChI=1S/C23H40O3Si/c1-22(2,3)18-14-12-17(13-15-18)20(25-19-11-9-10-16-24-19)21(23(4,5)6)26-27(7)8/h12-15,19-21,27H,9-11,16H2,1-8H3. The molecule has 1 aromatic carbocycles. The molecule has 3 atom stereocenters. The van der Waals surface area contributed by atoms with E-state index >= 15 is 0 Å². The minimum atomic E-state index is -1.22. The molecule has 0 radical (unpaired) electrons. The third-order valence-corrected chi connectivity index (χ3v) is 5.93. The van der Waals surface area contributed by atoms with Gasteiger partial charge >= 0.3 is 0 Å². The van der Waals surface area contributed by atoms with Crippen LogP contribution in [0.1, 0.15) is 78.0 Å². The molecule has 2 rings (SSSR count). The van der Waals surface area contributed by atoms with Crippen LogP contribution in [0, 0.1) is 5.41 Å². The van der Waals surface area contributed by atoms with Gasteiger partial charge in [0, 0.05) is 6.61 Å². The summed E-state index contributed by atoms with van der Waals surface area (Å²) < 4.78 is 19.0. The molecule has 0 aromatic heterocycles. The minimum Gasteiger partial charge on any atom is -0.414 e. The zero-order valence-corrected chi connectivity index (χ0v) is 19.8. The maximum atomic E-state index is 6.57. The molecular formula is C23H40O3Si. The van der Waals surface area contributed by atoms with Gasteiger partial charge in [-0.1, -0.05) is 65.8 Å². The van der Waals surface area contributed by atoms with Crippen molar-refractivity contribution in [2.75, 3.05) is 6.61 Å². The average molecular weight is 393 g/mol. The molecular weight excluding hydrogens is 352 g/mol. The third kappa shape index (κ3) is 6.70. The van der Waals surface area contributed by atoms with Gasteiger partial charge in [-0.15, -0.1) is 0 Å². The van der Waals surface area contributed by atoms with Gasteiger partial charge in [-0.2, -0.15) is 0 Å². The normalized spacial score (nSPS) is 21.3. The Hall–Kier alpha value is -0.683. The second-order valence-corrected chi connectivity index (χ2v) is 12.6. The molecule has 1 aliphatic rings. The summed E-state index contributed by atoms with van der Waals surface area (Å²) in [6.07, 6.45) is 3.02. The molecule has 1 saturated heterocycles. The Morgan fingerprint density at radius 3 is 2.07 bits per heavy atom. The topological polar surface area (TPSA) is 27.7 Å². The van der Waals surface area contributed by atoms with Crippen LogP contribution in [0.15, 0.2) is 24.3 Å². The van der Waals surface area contributed by atoms with Gasteiger partial charge in [0.2, 0.25) is 0 Å². The largest absolute Gasteiger partial charge is 0.414 e. The molecule has 1 aliphatic heterocycles. The fourth-order valence-electron chi connectivity index (χ4n) is 3.50. The SMILES string of the molecule is C[SiH](C)OC(C(OC1CCCCO1)c1ccc(C(C)(C)C)cc1)C(C)(C)C. The molecule has 3 nitrogen and oxygen atoms in total. The lowest BCUT2D eigenvalue weighted by atomic mass is 9.82. The predicted octanol–water partition coefficient (Wildman–Crippen LogP) is 5.98. The molecule has 0 aliphatic carbocycles. The van der Waals surface area contributed by atoms with Crippen molar-refractivity contribution in [3.63, 3.8) is 0 Å². The zero-order valence-electron chi connectivity index (χ0n) is 18.7. The van der Waals surface area contributed by atoms with Gasteiger partial charge in [0.25, 0.3) is 0 Å². The van der Waals surface area contributed by atoms with Crippen molar-refractivity contribution in [1.29, 1.82) is 0 Å². The lowest BCUT2D eigenvalue weighted by Gasteiger charge is -2.40. The van der Waals surface area contributed by atoms with Gasteiger partial charge in [-0.3, -0.25) is 0 Å². The first-order valence-corrected chi connectivity index (χ1v) is 13.3. The zero-order chi connectivity index (χ0) is 20.2. The van der Waals surface area contributed by atoms with E-state index in [0.717, 1.165) is 19.4 Å². The third-order valence-electron chi connectivity index (χ3n) is 5.09. The van der Waals surface area contributed by atoms with Crippen molar-refractivity contribution >= 4 is 9.04 Å². The Kier molecular flexibility index (Phi) is 7.71. The van der Waals surface area contributed by atoms with Crippen LogP contribution in [0.5, 0.6) is 0 Å². The number of hydrogen-bond acceptors (Lipinski definition) is 3. The summed E-state index contributed by atoms with van der Waals surface area (Å²) in [4.78, 5) is 0. The number of rotatable bonds is 6. The Morgan fingerprint density at radius 1 is 1.00 bits per heavy atom. The molecule has 3 unspecified atom stereocenters. The van der Waals surface area contributed by atoms with Gasteiger partial charge < -0.3 is 13.9 Å². The molecule has 27 heavy (non-hydrogen) atoms. The predicted molar refractivity (Wildman–Crippen MR) is 116 cm³/mol. The molecule has 1 fully saturated rings. The highest BCUT2D eigenvalue weighted by atomic mass is 28.3. The smallest absolute Gasteiger partial charge is 0.171 e. The molecule has 0 amide bonds. The summed E-state index contributed by atoms with van der Waals surface area (Å²) in [5.74, 6) is 0. The molecule has 0 bridgehead atoms. The molecule has 4 heteroatoms. The summed E-state index contributed by atoms with van der Waals surface area (Å²) in [6, 6.07) is 8.91. The second-order valence-electron chi connectivity index (χ2n) is 10.2. The molecule has 0 spiro atoms. The Morgan fingerprint density at radius 2 is 1.63 bits per heavy atom. The van der Waals surface area contributed by atoms with Gasteiger partial charge in [0.15, 0.2) is 15.3 Å². The fraction of sp³-hybridized carbons (Fsp3) is 0.739. The van der Waals surface area contributed by atoms with Crippen LogP contribution >= 0.6 is 0 Å². The summed E-state index contributed by atoms with van der Waals surface area (Å²) in [5.41, 5.74) is 2.66. The van der Waals surface area contributed by atoms with E-state index in [2.05, 4.69) is 78.9 Å². The molecule has 0 saturated carbocycles. The van der Waals surface area contributed by atoms with Crippen LogP contribution in [0.25, 0.3) is 0 Å². The molecule has 1 aromatic rings. The minimum absolute atomic E-state index is 0.00943. The van der Waals surface area contributed by atoms with E-state index in [1.807, 2.05) is 0 Å². The average Bonchev–Trinajstić information content (AvgIpc) is 2.57. The van der Waals surface area contributed by atoms with Gasteiger partial charge in [0.1, 0.15) is 6.10 Å². The maximum Gasteiger partial charge on any atom is 0.171 e. The van der Waals surface area contributed by atoms with E-state index in [0.29, 0.717) is 0 Å². The van der Waals surface area contributed by atoms with E-state index in [9.17, 15) is 0 Å². The van der Waals surface area contributed by atoms with Crippen LogP contribution in [-0.4, -0.2) is 28.0 Å². The Balaban J connectivity index is 2.35. The lowest BCUT2D eigenvalue weighted by Crippen LogP contribution is -2.41. The quantitative estimate of drug-likeness (QED) is 0.557. The van der Waals surface area contributed by atoms with Crippen molar-refractivity contribution in [3.05, 3.63) is 35.4 Å². The van der Waals surface area contributed by atoms with Gasteiger partial charge in [0.05, 0.1) is 6.10 Å². The van der Waals surface area contributed by atoms with Crippen molar-refractivity contribution in [2.24, 2.45) is 5.41 Å². The van der Waals surface area contributed by atoms with Crippen molar-refractivity contribution in [3.8, 4) is 0 Å². The first kappa shape index (κ1) is 22.6. The molecule has 154 valence electrons. The van der Waals surface area contributed by atoms with E-state index < -0.39 is 9.04 Å². The maximum absolute atomic E-state index is 6.57. The molecule has 1 heterocycles. The monoisotopic (exact) mass is 392 g/mol. The van der Waals surface area contributed by atoms with Crippen molar-refractivity contribution in [1.82, 2.24) is 0 Å². The number of ether oxygens (including phenoxy) is 2. The van der Waals surface area contributed by atoms with Crippen LogP contribution in [0.4, 0.5) is 0 Å². The van der Waals surface area contributed by atoms with E-state index in [1.54, 1.807) is 0 Å². The lowest BCUT2D eigenvalue weighted by molar-refractivity contribution is -0.216. The van der Waals surface area contributed by atoms with Gasteiger partial charge in [-0.05, 0) is 54.3 Å². The highest BCUT2D eigenvalue weighted by Gasteiger charge is 2.37. The van der Waals surface area contributed by atoms with Crippen LogP contribution in [-0.2, 0) is 19.3 Å². The number of hydrogen-bond donors (Lipinski definition) is 0.